The number of phenolic OH excluding ortho intramolecular Hbond substituents is 1. The van der Waals surface area contributed by atoms with Crippen molar-refractivity contribution in [3.8, 4) is 17.0 Å². The van der Waals surface area contributed by atoms with Crippen LogP contribution in [0.25, 0.3) is 22.2 Å². The van der Waals surface area contributed by atoms with Crippen molar-refractivity contribution in [1.29, 1.82) is 0 Å². The maximum absolute atomic E-state index is 12.9. The van der Waals surface area contributed by atoms with E-state index in [1.807, 2.05) is 36.4 Å². The molecule has 7 nitrogen and oxygen atoms in total. The summed E-state index contributed by atoms with van der Waals surface area (Å²) in [6.45, 7) is 0.800. The van der Waals surface area contributed by atoms with Gasteiger partial charge in [-0.25, -0.2) is 4.98 Å². The molecule has 160 valence electrons. The maximum Gasteiger partial charge on any atom is 0.252 e. The quantitative estimate of drug-likeness (QED) is 0.392. The molecular formula is C25H22N4O3. The van der Waals surface area contributed by atoms with E-state index in [1.54, 1.807) is 30.6 Å². The van der Waals surface area contributed by atoms with E-state index < -0.39 is 0 Å². The molecule has 4 aromatic rings. The monoisotopic (exact) mass is 426 g/mol. The van der Waals surface area contributed by atoms with Crippen LogP contribution in [0.2, 0.25) is 0 Å². The second kappa shape index (κ2) is 9.70. The van der Waals surface area contributed by atoms with Gasteiger partial charge >= 0.3 is 0 Å². The molecule has 32 heavy (non-hydrogen) atoms. The van der Waals surface area contributed by atoms with Gasteiger partial charge in [0.25, 0.3) is 11.8 Å². The van der Waals surface area contributed by atoms with Gasteiger partial charge in [-0.3, -0.25) is 14.6 Å². The minimum absolute atomic E-state index is 0.0422. The molecule has 2 heterocycles. The lowest BCUT2D eigenvalue weighted by Crippen LogP contribution is -2.30. The van der Waals surface area contributed by atoms with Gasteiger partial charge in [-0.15, -0.1) is 0 Å². The summed E-state index contributed by atoms with van der Waals surface area (Å²) in [5.41, 5.74) is 3.27. The number of phenols is 1. The van der Waals surface area contributed by atoms with Crippen molar-refractivity contribution in [3.05, 3.63) is 90.3 Å². The van der Waals surface area contributed by atoms with Crippen LogP contribution in [-0.4, -0.2) is 40.0 Å². The number of benzene rings is 2. The van der Waals surface area contributed by atoms with Gasteiger partial charge in [0.15, 0.2) is 0 Å². The molecule has 0 radical (unpaired) electrons. The highest BCUT2D eigenvalue weighted by Crippen LogP contribution is 2.24. The van der Waals surface area contributed by atoms with Crippen LogP contribution in [0.1, 0.15) is 27.1 Å². The third-order valence-corrected chi connectivity index (χ3v) is 4.97. The Balaban J connectivity index is 1.40. The van der Waals surface area contributed by atoms with Gasteiger partial charge in [0, 0.05) is 42.0 Å². The Morgan fingerprint density at radius 3 is 2.38 bits per heavy atom. The van der Waals surface area contributed by atoms with Crippen LogP contribution < -0.4 is 10.6 Å². The third kappa shape index (κ3) is 4.89. The van der Waals surface area contributed by atoms with E-state index in [9.17, 15) is 14.7 Å². The number of hydrogen-bond acceptors (Lipinski definition) is 5. The van der Waals surface area contributed by atoms with Crippen molar-refractivity contribution in [2.24, 2.45) is 0 Å². The van der Waals surface area contributed by atoms with Crippen molar-refractivity contribution in [2.45, 2.75) is 6.42 Å². The standard InChI is InChI=1S/C25H22N4O3/c30-19-6-3-5-18(15-19)24(31)27-11-4-12-28-25(32)21-16-23(17-9-13-26-14-10-17)29-22-8-2-1-7-20(21)22/h1-3,5-10,13-16,30H,4,11-12H2,(H,27,31)(H,28,32). The summed E-state index contributed by atoms with van der Waals surface area (Å²) in [6, 6.07) is 19.2. The smallest absolute Gasteiger partial charge is 0.252 e. The van der Waals surface area contributed by atoms with Crippen molar-refractivity contribution >= 4 is 22.7 Å². The largest absolute Gasteiger partial charge is 0.508 e. The fourth-order valence-electron chi connectivity index (χ4n) is 3.37. The number of amides is 2. The van der Waals surface area contributed by atoms with Crippen LogP contribution >= 0.6 is 0 Å². The predicted molar refractivity (Wildman–Crippen MR) is 122 cm³/mol. The molecule has 2 aromatic carbocycles. The van der Waals surface area contributed by atoms with Crippen molar-refractivity contribution in [2.75, 3.05) is 13.1 Å². The number of pyridine rings is 2. The topological polar surface area (TPSA) is 104 Å². The van der Waals surface area contributed by atoms with Gasteiger partial charge in [-0.2, -0.15) is 0 Å². The summed E-state index contributed by atoms with van der Waals surface area (Å²) in [6.07, 6.45) is 3.95. The molecule has 0 aliphatic heterocycles. The van der Waals surface area contributed by atoms with E-state index in [0.717, 1.165) is 16.5 Å². The summed E-state index contributed by atoms with van der Waals surface area (Å²) < 4.78 is 0. The molecule has 0 aliphatic carbocycles. The Hall–Kier alpha value is -4.26. The van der Waals surface area contributed by atoms with E-state index in [0.29, 0.717) is 36.3 Å². The van der Waals surface area contributed by atoms with Gasteiger partial charge < -0.3 is 15.7 Å². The zero-order chi connectivity index (χ0) is 22.3. The number of carbonyl (C=O) groups is 2. The average Bonchev–Trinajstić information content (AvgIpc) is 2.83. The summed E-state index contributed by atoms with van der Waals surface area (Å²) >= 11 is 0. The van der Waals surface area contributed by atoms with Gasteiger partial charge in [0.1, 0.15) is 5.75 Å². The first-order chi connectivity index (χ1) is 15.6. The average molecular weight is 426 g/mol. The first kappa shape index (κ1) is 21.0. The van der Waals surface area contributed by atoms with Crippen molar-refractivity contribution in [3.63, 3.8) is 0 Å². The fourth-order valence-corrected chi connectivity index (χ4v) is 3.37. The molecule has 0 bridgehead atoms. The predicted octanol–water partition coefficient (Wildman–Crippen LogP) is 3.55. The highest BCUT2D eigenvalue weighted by atomic mass is 16.3. The van der Waals surface area contributed by atoms with Crippen LogP contribution in [0.15, 0.2) is 79.1 Å². The Kier molecular flexibility index (Phi) is 6.36. The summed E-state index contributed by atoms with van der Waals surface area (Å²) in [5, 5.41) is 16.0. The number of carbonyl (C=O) groups excluding carboxylic acids is 2. The second-order valence-electron chi connectivity index (χ2n) is 7.22. The number of rotatable bonds is 7. The normalized spacial score (nSPS) is 10.6. The van der Waals surface area contributed by atoms with Crippen LogP contribution in [0.3, 0.4) is 0 Å². The SMILES string of the molecule is O=C(NCCCNC(=O)c1cc(-c2ccncc2)nc2ccccc12)c1cccc(O)c1. The lowest BCUT2D eigenvalue weighted by Gasteiger charge is -2.11. The summed E-state index contributed by atoms with van der Waals surface area (Å²) in [5.74, 6) is -0.423. The van der Waals surface area contributed by atoms with E-state index in [1.165, 1.54) is 12.1 Å². The van der Waals surface area contributed by atoms with Gasteiger partial charge in [0.2, 0.25) is 0 Å². The number of para-hydroxylation sites is 1. The van der Waals surface area contributed by atoms with Crippen molar-refractivity contribution in [1.82, 2.24) is 20.6 Å². The number of hydrogen-bond donors (Lipinski definition) is 3. The number of nitrogens with one attached hydrogen (secondary N) is 2. The zero-order valence-electron chi connectivity index (χ0n) is 17.3. The van der Waals surface area contributed by atoms with Crippen molar-refractivity contribution < 1.29 is 14.7 Å². The van der Waals surface area contributed by atoms with Crippen LogP contribution in [0, 0.1) is 0 Å². The molecule has 0 atom stereocenters. The molecule has 7 heteroatoms. The lowest BCUT2D eigenvalue weighted by atomic mass is 10.0. The second-order valence-corrected chi connectivity index (χ2v) is 7.22. The number of aromatic nitrogens is 2. The maximum atomic E-state index is 12.9. The van der Waals surface area contributed by atoms with Gasteiger partial charge in [0.05, 0.1) is 16.8 Å². The molecule has 0 saturated carbocycles. The minimum atomic E-state index is -0.269. The van der Waals surface area contributed by atoms with E-state index in [-0.39, 0.29) is 17.6 Å². The Morgan fingerprint density at radius 2 is 1.59 bits per heavy atom. The number of aromatic hydroxyl groups is 1. The van der Waals surface area contributed by atoms with Gasteiger partial charge in [-0.1, -0.05) is 24.3 Å². The molecule has 2 amide bonds. The fraction of sp³-hybridized carbons (Fsp3) is 0.120. The molecule has 3 N–H and O–H groups in total. The van der Waals surface area contributed by atoms with E-state index in [2.05, 4.69) is 20.6 Å². The van der Waals surface area contributed by atoms with Crippen LogP contribution in [-0.2, 0) is 0 Å². The summed E-state index contributed by atoms with van der Waals surface area (Å²) in [4.78, 5) is 33.8. The molecule has 2 aromatic heterocycles. The highest BCUT2D eigenvalue weighted by Gasteiger charge is 2.14. The Morgan fingerprint density at radius 1 is 0.844 bits per heavy atom. The molecule has 0 fully saturated rings. The first-order valence-corrected chi connectivity index (χ1v) is 10.3. The molecular weight excluding hydrogens is 404 g/mol. The molecule has 4 rings (SSSR count). The third-order valence-electron chi connectivity index (χ3n) is 4.97. The molecule has 0 aliphatic rings. The van der Waals surface area contributed by atoms with Crippen LogP contribution in [0.4, 0.5) is 0 Å². The highest BCUT2D eigenvalue weighted by molar-refractivity contribution is 6.07. The van der Waals surface area contributed by atoms with Gasteiger partial charge in [-0.05, 0) is 48.9 Å². The number of fused-ring (bicyclic) bond motifs is 1. The van der Waals surface area contributed by atoms with Crippen LogP contribution in [0.5, 0.6) is 5.75 Å². The first-order valence-electron chi connectivity index (χ1n) is 10.3. The Bertz CT molecular complexity index is 1260. The zero-order valence-corrected chi connectivity index (χ0v) is 17.3. The minimum Gasteiger partial charge on any atom is -0.508 e. The number of nitrogens with zero attached hydrogens (tertiary/aromatic N) is 2. The summed E-state index contributed by atoms with van der Waals surface area (Å²) in [7, 11) is 0. The van der Waals surface area contributed by atoms with E-state index in [4.69, 9.17) is 0 Å². The molecule has 0 saturated heterocycles. The molecule has 0 spiro atoms. The Labute approximate surface area is 185 Å². The van der Waals surface area contributed by atoms with E-state index >= 15 is 0 Å². The lowest BCUT2D eigenvalue weighted by molar-refractivity contribution is 0.0952. The molecule has 0 unspecified atom stereocenters.